The molecule has 5 nitrogen and oxygen atoms in total. The molecule has 0 saturated carbocycles. The van der Waals surface area contributed by atoms with Gasteiger partial charge >= 0.3 is 0 Å². The van der Waals surface area contributed by atoms with E-state index in [1.165, 1.54) is 19.3 Å². The molecule has 1 N–H and O–H groups in total. The summed E-state index contributed by atoms with van der Waals surface area (Å²) < 4.78 is 22.6. The Bertz CT molecular complexity index is 388. The zero-order valence-corrected chi connectivity index (χ0v) is 11.5. The number of carbonyl (C=O) groups excluding carboxylic acids is 1. The molecule has 1 atom stereocenters. The third kappa shape index (κ3) is 3.95. The van der Waals surface area contributed by atoms with E-state index in [2.05, 4.69) is 10.2 Å². The third-order valence-corrected chi connectivity index (χ3v) is 5.55. The molecule has 1 amide bonds. The highest BCUT2D eigenvalue weighted by Crippen LogP contribution is 2.18. The van der Waals surface area contributed by atoms with Crippen molar-refractivity contribution in [2.45, 2.75) is 25.7 Å². The molecule has 0 bridgehead atoms. The second-order valence-corrected chi connectivity index (χ2v) is 7.52. The van der Waals surface area contributed by atoms with Crippen LogP contribution >= 0.6 is 0 Å². The number of amides is 1. The maximum absolute atomic E-state index is 11.8. The highest BCUT2D eigenvalue weighted by Gasteiger charge is 2.32. The van der Waals surface area contributed by atoms with Crippen LogP contribution in [0.4, 0.5) is 0 Å². The monoisotopic (exact) mass is 274 g/mol. The maximum Gasteiger partial charge on any atom is 0.224 e. The highest BCUT2D eigenvalue weighted by atomic mass is 32.2. The third-order valence-electron chi connectivity index (χ3n) is 3.78. The van der Waals surface area contributed by atoms with E-state index in [1.54, 1.807) is 0 Å². The van der Waals surface area contributed by atoms with E-state index < -0.39 is 9.84 Å². The summed E-state index contributed by atoms with van der Waals surface area (Å²) in [5, 5.41) is 2.86. The predicted molar refractivity (Wildman–Crippen MR) is 70.1 cm³/mol. The molecular weight excluding hydrogens is 252 g/mol. The molecule has 2 heterocycles. The molecule has 2 rings (SSSR count). The number of nitrogens with zero attached hydrogens (tertiary/aromatic N) is 1. The van der Waals surface area contributed by atoms with E-state index in [0.717, 1.165) is 19.6 Å². The number of hydrogen-bond donors (Lipinski definition) is 1. The van der Waals surface area contributed by atoms with E-state index in [4.69, 9.17) is 0 Å². The van der Waals surface area contributed by atoms with Crippen LogP contribution in [0.2, 0.25) is 0 Å². The molecular formula is C12H22N2O3S. The predicted octanol–water partition coefficient (Wildman–Crippen LogP) is 0.0232. The first-order chi connectivity index (χ1) is 8.57. The van der Waals surface area contributed by atoms with Crippen molar-refractivity contribution in [1.29, 1.82) is 0 Å². The number of nitrogens with one attached hydrogen (secondary N) is 1. The summed E-state index contributed by atoms with van der Waals surface area (Å²) in [4.78, 5) is 14.1. The van der Waals surface area contributed by atoms with Crippen LogP contribution in [-0.2, 0) is 14.6 Å². The van der Waals surface area contributed by atoms with E-state index in [-0.39, 0.29) is 23.3 Å². The fourth-order valence-electron chi connectivity index (χ4n) is 2.67. The van der Waals surface area contributed by atoms with Crippen molar-refractivity contribution >= 4 is 15.7 Å². The lowest BCUT2D eigenvalue weighted by molar-refractivity contribution is -0.124. The zero-order valence-electron chi connectivity index (χ0n) is 10.7. The van der Waals surface area contributed by atoms with Gasteiger partial charge in [0.25, 0.3) is 0 Å². The molecule has 0 radical (unpaired) electrons. The molecule has 6 heteroatoms. The van der Waals surface area contributed by atoms with E-state index in [1.807, 2.05) is 0 Å². The molecule has 0 unspecified atom stereocenters. The first-order valence-corrected chi connectivity index (χ1v) is 8.59. The van der Waals surface area contributed by atoms with Crippen LogP contribution in [0.15, 0.2) is 0 Å². The molecule has 0 aromatic carbocycles. The molecule has 0 aromatic rings. The Balaban J connectivity index is 1.66. The van der Waals surface area contributed by atoms with Gasteiger partial charge in [-0.2, -0.15) is 0 Å². The minimum atomic E-state index is -2.96. The van der Waals surface area contributed by atoms with Gasteiger partial charge in [-0.1, -0.05) is 6.42 Å². The number of carbonyl (C=O) groups is 1. The first-order valence-electron chi connectivity index (χ1n) is 6.77. The molecule has 0 spiro atoms. The second-order valence-electron chi connectivity index (χ2n) is 5.29. The molecule has 104 valence electrons. The molecule has 18 heavy (non-hydrogen) atoms. The smallest absolute Gasteiger partial charge is 0.224 e. The molecule has 2 fully saturated rings. The molecule has 0 aliphatic carbocycles. The van der Waals surface area contributed by atoms with Crippen molar-refractivity contribution in [2.75, 3.05) is 37.7 Å². The van der Waals surface area contributed by atoms with Gasteiger partial charge in [0, 0.05) is 13.1 Å². The van der Waals surface area contributed by atoms with Crippen LogP contribution in [0, 0.1) is 5.92 Å². The van der Waals surface area contributed by atoms with Gasteiger partial charge in [-0.3, -0.25) is 4.79 Å². The highest BCUT2D eigenvalue weighted by molar-refractivity contribution is 7.91. The van der Waals surface area contributed by atoms with Crippen molar-refractivity contribution in [2.24, 2.45) is 5.92 Å². The first kappa shape index (κ1) is 13.8. The van der Waals surface area contributed by atoms with Crippen LogP contribution in [0.25, 0.3) is 0 Å². The van der Waals surface area contributed by atoms with Crippen LogP contribution in [-0.4, -0.2) is 56.9 Å². The topological polar surface area (TPSA) is 66.5 Å². The van der Waals surface area contributed by atoms with Gasteiger partial charge in [-0.05, 0) is 32.4 Å². The minimum Gasteiger partial charge on any atom is -0.355 e. The van der Waals surface area contributed by atoms with Crippen molar-refractivity contribution in [3.05, 3.63) is 0 Å². The summed E-state index contributed by atoms with van der Waals surface area (Å²) in [5.74, 6) is -0.218. The Labute approximate surface area is 109 Å². The Morgan fingerprint density at radius 1 is 1.22 bits per heavy atom. The van der Waals surface area contributed by atoms with Gasteiger partial charge in [-0.15, -0.1) is 0 Å². The van der Waals surface area contributed by atoms with Gasteiger partial charge in [0.1, 0.15) is 0 Å². The normalized spacial score (nSPS) is 28.1. The quantitative estimate of drug-likeness (QED) is 0.785. The fraction of sp³-hybridized carbons (Fsp3) is 0.917. The molecule has 2 saturated heterocycles. The molecule has 0 aromatic heterocycles. The zero-order chi connectivity index (χ0) is 13.0. The Kier molecular flexibility index (Phi) is 4.61. The number of rotatable bonds is 4. The van der Waals surface area contributed by atoms with Gasteiger partial charge in [-0.25, -0.2) is 8.42 Å². The van der Waals surface area contributed by atoms with Gasteiger partial charge < -0.3 is 10.2 Å². The van der Waals surface area contributed by atoms with Crippen LogP contribution < -0.4 is 5.32 Å². The number of hydrogen-bond acceptors (Lipinski definition) is 4. The van der Waals surface area contributed by atoms with Crippen molar-refractivity contribution < 1.29 is 13.2 Å². The van der Waals surface area contributed by atoms with Crippen molar-refractivity contribution in [3.63, 3.8) is 0 Å². The second kappa shape index (κ2) is 6.02. The number of likely N-dealkylation sites (tertiary alicyclic amines) is 1. The van der Waals surface area contributed by atoms with Crippen LogP contribution in [0.5, 0.6) is 0 Å². The lowest BCUT2D eigenvalue weighted by atomic mass is 10.1. The lowest BCUT2D eigenvalue weighted by Gasteiger charge is -2.26. The number of piperidine rings is 1. The summed E-state index contributed by atoms with van der Waals surface area (Å²) in [6, 6.07) is 0. The summed E-state index contributed by atoms with van der Waals surface area (Å²) in [6.45, 7) is 3.75. The molecule has 2 aliphatic heterocycles. The van der Waals surface area contributed by atoms with E-state index in [9.17, 15) is 13.2 Å². The Morgan fingerprint density at radius 3 is 2.56 bits per heavy atom. The largest absolute Gasteiger partial charge is 0.355 e. The summed E-state index contributed by atoms with van der Waals surface area (Å²) in [7, 11) is -2.96. The number of sulfone groups is 1. The lowest BCUT2D eigenvalue weighted by Crippen LogP contribution is -2.39. The summed E-state index contributed by atoms with van der Waals surface area (Å²) in [6.07, 6.45) is 4.28. The average molecular weight is 274 g/mol. The average Bonchev–Trinajstić information content (AvgIpc) is 2.71. The van der Waals surface area contributed by atoms with Gasteiger partial charge in [0.2, 0.25) is 5.91 Å². The van der Waals surface area contributed by atoms with Crippen molar-refractivity contribution in [1.82, 2.24) is 10.2 Å². The molecule has 2 aliphatic rings. The maximum atomic E-state index is 11.8. The van der Waals surface area contributed by atoms with Gasteiger partial charge in [0.15, 0.2) is 9.84 Å². The Morgan fingerprint density at radius 2 is 1.94 bits per heavy atom. The fourth-order valence-corrected chi connectivity index (χ4v) is 4.41. The SMILES string of the molecule is O=C(NCCN1CCCCC1)[C@@H]1CCS(=O)(=O)C1. The minimum absolute atomic E-state index is 0.0303. The van der Waals surface area contributed by atoms with Crippen LogP contribution in [0.3, 0.4) is 0 Å². The Hall–Kier alpha value is -0.620. The summed E-state index contributed by atoms with van der Waals surface area (Å²) in [5.41, 5.74) is 0. The summed E-state index contributed by atoms with van der Waals surface area (Å²) >= 11 is 0. The standard InChI is InChI=1S/C12H22N2O3S/c15-12(11-4-9-18(16,17)10-11)13-5-8-14-6-2-1-3-7-14/h11H,1-10H2,(H,13,15)/t11-/m1/s1. The van der Waals surface area contributed by atoms with E-state index in [0.29, 0.717) is 13.0 Å². The van der Waals surface area contributed by atoms with Crippen LogP contribution in [0.1, 0.15) is 25.7 Å². The van der Waals surface area contributed by atoms with E-state index >= 15 is 0 Å². The van der Waals surface area contributed by atoms with Gasteiger partial charge in [0.05, 0.1) is 17.4 Å². The van der Waals surface area contributed by atoms with Crippen molar-refractivity contribution in [3.8, 4) is 0 Å².